The highest BCUT2D eigenvalue weighted by molar-refractivity contribution is 7.16. The molecule has 4 rings (SSSR count). The van der Waals surface area contributed by atoms with Gasteiger partial charge in [-0.3, -0.25) is 9.88 Å². The van der Waals surface area contributed by atoms with Crippen molar-refractivity contribution in [1.82, 2.24) is 19.8 Å². The second-order valence-electron chi connectivity index (χ2n) is 9.05. The van der Waals surface area contributed by atoms with Crippen molar-refractivity contribution in [2.75, 3.05) is 38.6 Å². The first-order chi connectivity index (χ1) is 14.6. The molecule has 2 aliphatic rings. The molecule has 2 aromatic rings. The van der Waals surface area contributed by atoms with Crippen molar-refractivity contribution in [2.45, 2.75) is 57.7 Å². The second kappa shape index (κ2) is 10.4. The Balaban J connectivity index is 1.40. The van der Waals surface area contributed by atoms with E-state index in [2.05, 4.69) is 25.8 Å². The van der Waals surface area contributed by atoms with Gasteiger partial charge in [-0.2, -0.15) is 0 Å². The van der Waals surface area contributed by atoms with Crippen molar-refractivity contribution in [1.29, 1.82) is 0 Å². The van der Waals surface area contributed by atoms with E-state index in [1.165, 1.54) is 57.2 Å². The lowest BCUT2D eigenvalue weighted by molar-refractivity contribution is 0.107. The highest BCUT2D eigenvalue weighted by Gasteiger charge is 2.28. The van der Waals surface area contributed by atoms with Crippen molar-refractivity contribution in [3.05, 3.63) is 40.1 Å². The van der Waals surface area contributed by atoms with Crippen LogP contribution in [0.3, 0.4) is 0 Å². The number of thiazole rings is 1. The molecule has 1 aliphatic carbocycles. The van der Waals surface area contributed by atoms with Crippen molar-refractivity contribution >= 4 is 28.1 Å². The van der Waals surface area contributed by atoms with Crippen LogP contribution in [-0.4, -0.2) is 59.5 Å². The maximum absolute atomic E-state index is 6.50. The van der Waals surface area contributed by atoms with E-state index in [-0.39, 0.29) is 0 Å². The molecule has 7 heteroatoms. The molecule has 0 aromatic carbocycles. The number of hydrogen-bond acceptors (Lipinski definition) is 6. The van der Waals surface area contributed by atoms with E-state index >= 15 is 0 Å². The Morgan fingerprint density at radius 3 is 2.53 bits per heavy atom. The molecular weight excluding hydrogens is 414 g/mol. The van der Waals surface area contributed by atoms with Gasteiger partial charge < -0.3 is 9.80 Å². The molecule has 0 atom stereocenters. The molecule has 164 valence electrons. The third-order valence-electron chi connectivity index (χ3n) is 6.52. The van der Waals surface area contributed by atoms with Gasteiger partial charge in [0.15, 0.2) is 5.13 Å². The van der Waals surface area contributed by atoms with Crippen molar-refractivity contribution in [2.24, 2.45) is 5.92 Å². The normalized spacial score (nSPS) is 19.1. The zero-order chi connectivity index (χ0) is 20.9. The SMILES string of the molecule is CN(C)c1nc(Cl)c(CN(Cc2cccnc2)CC2CCN(C3CCCC3)CC2)s1. The van der Waals surface area contributed by atoms with E-state index in [9.17, 15) is 0 Å². The van der Waals surface area contributed by atoms with Crippen LogP contribution in [0.2, 0.25) is 5.15 Å². The van der Waals surface area contributed by atoms with Gasteiger partial charge in [0, 0.05) is 52.2 Å². The smallest absolute Gasteiger partial charge is 0.186 e. The number of piperidine rings is 1. The summed E-state index contributed by atoms with van der Waals surface area (Å²) in [4.78, 5) is 17.4. The van der Waals surface area contributed by atoms with Crippen LogP contribution in [0, 0.1) is 5.92 Å². The summed E-state index contributed by atoms with van der Waals surface area (Å²) in [6.07, 6.45) is 12.1. The zero-order valence-corrected chi connectivity index (χ0v) is 19.8. The quantitative estimate of drug-likeness (QED) is 0.574. The van der Waals surface area contributed by atoms with Crippen molar-refractivity contribution in [3.63, 3.8) is 0 Å². The number of likely N-dealkylation sites (tertiary alicyclic amines) is 1. The van der Waals surface area contributed by atoms with Crippen molar-refractivity contribution < 1.29 is 0 Å². The molecule has 0 N–H and O–H groups in total. The molecule has 0 spiro atoms. The van der Waals surface area contributed by atoms with Crippen LogP contribution in [0.25, 0.3) is 0 Å². The third-order valence-corrected chi connectivity index (χ3v) is 8.16. The predicted octanol–water partition coefficient (Wildman–Crippen LogP) is 4.91. The fourth-order valence-corrected chi connectivity index (χ4v) is 6.11. The van der Waals surface area contributed by atoms with Crippen LogP contribution in [0.15, 0.2) is 24.5 Å². The van der Waals surface area contributed by atoms with Crippen LogP contribution >= 0.6 is 22.9 Å². The Morgan fingerprint density at radius 1 is 1.13 bits per heavy atom. The van der Waals surface area contributed by atoms with Gasteiger partial charge in [0.25, 0.3) is 0 Å². The zero-order valence-electron chi connectivity index (χ0n) is 18.3. The molecule has 0 bridgehead atoms. The van der Waals surface area contributed by atoms with Gasteiger partial charge in [0.05, 0.1) is 4.88 Å². The van der Waals surface area contributed by atoms with Gasteiger partial charge in [-0.15, -0.1) is 0 Å². The van der Waals surface area contributed by atoms with Crippen LogP contribution < -0.4 is 4.90 Å². The Bertz CT molecular complexity index is 782. The summed E-state index contributed by atoms with van der Waals surface area (Å²) in [5.41, 5.74) is 1.26. The van der Waals surface area contributed by atoms with E-state index < -0.39 is 0 Å². The lowest BCUT2D eigenvalue weighted by atomic mass is 9.94. The third kappa shape index (κ3) is 5.72. The first-order valence-corrected chi connectivity index (χ1v) is 12.5. The predicted molar refractivity (Wildman–Crippen MR) is 126 cm³/mol. The Labute approximate surface area is 190 Å². The molecule has 0 amide bonds. The van der Waals surface area contributed by atoms with Crippen LogP contribution in [0.1, 0.15) is 49.0 Å². The number of anilines is 1. The van der Waals surface area contributed by atoms with Gasteiger partial charge in [-0.25, -0.2) is 4.98 Å². The summed E-state index contributed by atoms with van der Waals surface area (Å²) in [5.74, 6) is 0.749. The molecule has 0 radical (unpaired) electrons. The monoisotopic (exact) mass is 447 g/mol. The maximum atomic E-state index is 6.50. The average Bonchev–Trinajstić information content (AvgIpc) is 3.40. The molecule has 5 nitrogen and oxygen atoms in total. The summed E-state index contributed by atoms with van der Waals surface area (Å²) in [6.45, 7) is 5.40. The lowest BCUT2D eigenvalue weighted by Gasteiger charge is -2.37. The van der Waals surface area contributed by atoms with E-state index in [1.54, 1.807) is 11.3 Å². The molecule has 3 heterocycles. The fraction of sp³-hybridized carbons (Fsp3) is 0.652. The highest BCUT2D eigenvalue weighted by Crippen LogP contribution is 2.32. The molecule has 2 aromatic heterocycles. The van der Waals surface area contributed by atoms with Crippen LogP contribution in [0.5, 0.6) is 0 Å². The number of nitrogens with zero attached hydrogens (tertiary/aromatic N) is 5. The number of aromatic nitrogens is 2. The summed E-state index contributed by atoms with van der Waals surface area (Å²) >= 11 is 8.20. The fourth-order valence-electron chi connectivity index (χ4n) is 4.88. The van der Waals surface area contributed by atoms with E-state index in [0.717, 1.165) is 41.6 Å². The lowest BCUT2D eigenvalue weighted by Crippen LogP contribution is -2.42. The molecule has 30 heavy (non-hydrogen) atoms. The first kappa shape index (κ1) is 22.0. The molecule has 1 aliphatic heterocycles. The summed E-state index contributed by atoms with van der Waals surface area (Å²) in [7, 11) is 4.04. The maximum Gasteiger partial charge on any atom is 0.186 e. The topological polar surface area (TPSA) is 35.5 Å². The standard InChI is InChI=1S/C23H34ClN5S/c1-27(2)23-26-22(24)21(30-23)17-28(16-19-6-5-11-25-14-19)15-18-9-12-29(13-10-18)20-7-3-4-8-20/h5-6,11,14,18,20H,3-4,7-10,12-13,15-17H2,1-2H3. The van der Waals surface area contributed by atoms with Crippen LogP contribution in [0.4, 0.5) is 5.13 Å². The molecule has 1 saturated heterocycles. The number of rotatable bonds is 8. The number of halogens is 1. The molecule has 2 fully saturated rings. The van der Waals surface area contributed by atoms with Crippen LogP contribution in [-0.2, 0) is 13.1 Å². The van der Waals surface area contributed by atoms with Gasteiger partial charge >= 0.3 is 0 Å². The Hall–Kier alpha value is -1.21. The minimum Gasteiger partial charge on any atom is -0.354 e. The minimum absolute atomic E-state index is 0.649. The molecular formula is C23H34ClN5S. The molecule has 1 saturated carbocycles. The Kier molecular flexibility index (Phi) is 7.63. The first-order valence-electron chi connectivity index (χ1n) is 11.3. The second-order valence-corrected chi connectivity index (χ2v) is 10.5. The Morgan fingerprint density at radius 2 is 1.90 bits per heavy atom. The highest BCUT2D eigenvalue weighted by atomic mass is 35.5. The van der Waals surface area contributed by atoms with E-state index in [1.807, 2.05) is 37.5 Å². The number of pyridine rings is 1. The molecule has 0 unspecified atom stereocenters. The van der Waals surface area contributed by atoms with Crippen molar-refractivity contribution in [3.8, 4) is 0 Å². The van der Waals surface area contributed by atoms with E-state index in [0.29, 0.717) is 5.15 Å². The van der Waals surface area contributed by atoms with E-state index in [4.69, 9.17) is 11.6 Å². The summed E-state index contributed by atoms with van der Waals surface area (Å²) in [6, 6.07) is 5.05. The van der Waals surface area contributed by atoms with Gasteiger partial charge in [-0.1, -0.05) is 41.8 Å². The van der Waals surface area contributed by atoms with Gasteiger partial charge in [0.2, 0.25) is 0 Å². The van der Waals surface area contributed by atoms with Gasteiger partial charge in [0.1, 0.15) is 5.15 Å². The number of hydrogen-bond donors (Lipinski definition) is 0. The average molecular weight is 448 g/mol. The summed E-state index contributed by atoms with van der Waals surface area (Å²) in [5, 5.41) is 1.62. The summed E-state index contributed by atoms with van der Waals surface area (Å²) < 4.78 is 0. The van der Waals surface area contributed by atoms with Gasteiger partial charge in [-0.05, 0) is 56.3 Å². The minimum atomic E-state index is 0.649. The largest absolute Gasteiger partial charge is 0.354 e.